The number of nitrogens with one attached hydrogen (secondary N) is 2. The second-order valence-electron chi connectivity index (χ2n) is 5.01. The predicted molar refractivity (Wildman–Crippen MR) is 81.4 cm³/mol. The molecule has 4 nitrogen and oxygen atoms in total. The summed E-state index contributed by atoms with van der Waals surface area (Å²) in [4.78, 5) is 8.89. The Balaban J connectivity index is 2.48. The zero-order valence-electron chi connectivity index (χ0n) is 12.5. The maximum absolute atomic E-state index is 4.59. The van der Waals surface area contributed by atoms with Crippen LogP contribution >= 0.6 is 0 Å². The smallest absolute Gasteiger partial charge is 0.191 e. The molecule has 0 radical (unpaired) electrons. The summed E-state index contributed by atoms with van der Waals surface area (Å²) in [5.74, 6) is 1.47. The Morgan fingerprint density at radius 3 is 2.68 bits per heavy atom. The van der Waals surface area contributed by atoms with Crippen LogP contribution in [-0.2, 0) is 6.42 Å². The summed E-state index contributed by atoms with van der Waals surface area (Å²) >= 11 is 0. The van der Waals surface area contributed by atoms with Crippen molar-refractivity contribution < 1.29 is 0 Å². The quantitative estimate of drug-likeness (QED) is 0.610. The Labute approximate surface area is 116 Å². The molecule has 2 N–H and O–H groups in total. The van der Waals surface area contributed by atoms with Crippen LogP contribution < -0.4 is 10.6 Å². The zero-order valence-corrected chi connectivity index (χ0v) is 12.5. The van der Waals surface area contributed by atoms with Crippen molar-refractivity contribution in [1.82, 2.24) is 15.6 Å². The summed E-state index contributed by atoms with van der Waals surface area (Å²) in [6, 6.07) is 6.39. The standard InChI is InChI=1S/C15H26N4/c1-5-16-15(19-13(4)12(2)3)18-11-9-14-8-6-7-10-17-14/h6-8,10,12-13H,5,9,11H2,1-4H3,(H2,16,18,19). The lowest BCUT2D eigenvalue weighted by Crippen LogP contribution is -2.44. The van der Waals surface area contributed by atoms with E-state index in [9.17, 15) is 0 Å². The third-order valence-electron chi connectivity index (χ3n) is 3.07. The molecular weight excluding hydrogens is 236 g/mol. The summed E-state index contributed by atoms with van der Waals surface area (Å²) in [5.41, 5.74) is 1.08. The molecule has 0 bridgehead atoms. The molecule has 19 heavy (non-hydrogen) atoms. The number of hydrogen-bond acceptors (Lipinski definition) is 2. The van der Waals surface area contributed by atoms with Gasteiger partial charge in [-0.3, -0.25) is 9.98 Å². The fraction of sp³-hybridized carbons (Fsp3) is 0.600. The average Bonchev–Trinajstić information content (AvgIpc) is 2.40. The maximum Gasteiger partial charge on any atom is 0.191 e. The van der Waals surface area contributed by atoms with Crippen molar-refractivity contribution in [3.63, 3.8) is 0 Å². The third kappa shape index (κ3) is 6.22. The summed E-state index contributed by atoms with van der Waals surface area (Å²) in [6.07, 6.45) is 2.69. The van der Waals surface area contributed by atoms with Gasteiger partial charge in [-0.05, 0) is 31.9 Å². The van der Waals surface area contributed by atoms with Gasteiger partial charge in [0, 0.05) is 37.4 Å². The van der Waals surface area contributed by atoms with Crippen molar-refractivity contribution in [2.45, 2.75) is 40.2 Å². The summed E-state index contributed by atoms with van der Waals surface area (Å²) in [5, 5.41) is 6.70. The van der Waals surface area contributed by atoms with E-state index in [1.54, 1.807) is 0 Å². The molecule has 0 amide bonds. The lowest BCUT2D eigenvalue weighted by Gasteiger charge is -2.20. The molecule has 106 valence electrons. The zero-order chi connectivity index (χ0) is 14.1. The van der Waals surface area contributed by atoms with Crippen LogP contribution in [0.25, 0.3) is 0 Å². The highest BCUT2D eigenvalue weighted by molar-refractivity contribution is 5.80. The van der Waals surface area contributed by atoms with Crippen LogP contribution in [-0.4, -0.2) is 30.1 Å². The molecule has 4 heteroatoms. The molecule has 0 saturated carbocycles. The fourth-order valence-electron chi connectivity index (χ4n) is 1.53. The number of aromatic nitrogens is 1. The van der Waals surface area contributed by atoms with Gasteiger partial charge < -0.3 is 10.6 Å². The molecule has 0 fully saturated rings. The molecule has 1 aromatic rings. The number of aliphatic imine (C=N–C) groups is 1. The Bertz CT molecular complexity index is 373. The monoisotopic (exact) mass is 262 g/mol. The van der Waals surface area contributed by atoms with Crippen molar-refractivity contribution >= 4 is 5.96 Å². The van der Waals surface area contributed by atoms with Crippen LogP contribution in [0, 0.1) is 5.92 Å². The topological polar surface area (TPSA) is 49.3 Å². The van der Waals surface area contributed by atoms with Gasteiger partial charge in [-0.15, -0.1) is 0 Å². The van der Waals surface area contributed by atoms with E-state index in [2.05, 4.69) is 48.3 Å². The number of guanidine groups is 1. The minimum atomic E-state index is 0.410. The highest BCUT2D eigenvalue weighted by atomic mass is 15.2. The van der Waals surface area contributed by atoms with Crippen molar-refractivity contribution in [3.8, 4) is 0 Å². The minimum Gasteiger partial charge on any atom is -0.357 e. The van der Waals surface area contributed by atoms with E-state index < -0.39 is 0 Å². The predicted octanol–water partition coefficient (Wildman–Crippen LogP) is 2.22. The van der Waals surface area contributed by atoms with Gasteiger partial charge in [0.25, 0.3) is 0 Å². The molecular formula is C15H26N4. The number of rotatable bonds is 6. The van der Waals surface area contributed by atoms with E-state index in [0.717, 1.165) is 31.2 Å². The third-order valence-corrected chi connectivity index (χ3v) is 3.07. The molecule has 0 spiro atoms. The molecule has 0 aliphatic rings. The number of pyridine rings is 1. The van der Waals surface area contributed by atoms with Gasteiger partial charge in [-0.25, -0.2) is 0 Å². The lowest BCUT2D eigenvalue weighted by molar-refractivity contribution is 0.481. The van der Waals surface area contributed by atoms with E-state index in [4.69, 9.17) is 0 Å². The number of nitrogens with zero attached hydrogens (tertiary/aromatic N) is 2. The summed E-state index contributed by atoms with van der Waals surface area (Å²) < 4.78 is 0. The van der Waals surface area contributed by atoms with Gasteiger partial charge in [0.15, 0.2) is 5.96 Å². The van der Waals surface area contributed by atoms with Gasteiger partial charge >= 0.3 is 0 Å². The minimum absolute atomic E-state index is 0.410. The first-order valence-corrected chi connectivity index (χ1v) is 7.08. The highest BCUT2D eigenvalue weighted by Crippen LogP contribution is 1.99. The molecule has 0 aliphatic heterocycles. The van der Waals surface area contributed by atoms with Crippen molar-refractivity contribution in [2.24, 2.45) is 10.9 Å². The molecule has 0 saturated heterocycles. The van der Waals surface area contributed by atoms with Gasteiger partial charge in [-0.2, -0.15) is 0 Å². The second-order valence-corrected chi connectivity index (χ2v) is 5.01. The Kier molecular flexibility index (Phi) is 6.93. The average molecular weight is 262 g/mol. The van der Waals surface area contributed by atoms with Gasteiger partial charge in [0.05, 0.1) is 0 Å². The van der Waals surface area contributed by atoms with E-state index in [0.29, 0.717) is 12.0 Å². The Morgan fingerprint density at radius 1 is 1.32 bits per heavy atom. The Morgan fingerprint density at radius 2 is 2.11 bits per heavy atom. The fourth-order valence-corrected chi connectivity index (χ4v) is 1.53. The number of hydrogen-bond donors (Lipinski definition) is 2. The van der Waals surface area contributed by atoms with Gasteiger partial charge in [0.2, 0.25) is 0 Å². The molecule has 1 atom stereocenters. The first-order valence-electron chi connectivity index (χ1n) is 7.08. The summed E-state index contributed by atoms with van der Waals surface area (Å²) in [7, 11) is 0. The van der Waals surface area contributed by atoms with Crippen molar-refractivity contribution in [1.29, 1.82) is 0 Å². The van der Waals surface area contributed by atoms with E-state index in [1.807, 2.05) is 24.4 Å². The van der Waals surface area contributed by atoms with Crippen LogP contribution in [0.1, 0.15) is 33.4 Å². The van der Waals surface area contributed by atoms with Crippen molar-refractivity contribution in [3.05, 3.63) is 30.1 Å². The largest absolute Gasteiger partial charge is 0.357 e. The van der Waals surface area contributed by atoms with Crippen LogP contribution in [0.3, 0.4) is 0 Å². The first kappa shape index (κ1) is 15.5. The molecule has 0 aliphatic carbocycles. The SMILES string of the molecule is CCNC(=NCCc1ccccn1)NC(C)C(C)C. The second kappa shape index (κ2) is 8.51. The van der Waals surface area contributed by atoms with E-state index in [-0.39, 0.29) is 0 Å². The lowest BCUT2D eigenvalue weighted by atomic mass is 10.1. The maximum atomic E-state index is 4.59. The Hall–Kier alpha value is -1.58. The van der Waals surface area contributed by atoms with Crippen LogP contribution in [0.4, 0.5) is 0 Å². The van der Waals surface area contributed by atoms with Crippen molar-refractivity contribution in [2.75, 3.05) is 13.1 Å². The normalized spacial score (nSPS) is 13.4. The van der Waals surface area contributed by atoms with Crippen LogP contribution in [0.5, 0.6) is 0 Å². The van der Waals surface area contributed by atoms with Gasteiger partial charge in [-0.1, -0.05) is 19.9 Å². The first-order chi connectivity index (χ1) is 9.13. The van der Waals surface area contributed by atoms with Crippen LogP contribution in [0.15, 0.2) is 29.4 Å². The molecule has 1 rings (SSSR count). The summed E-state index contributed by atoms with van der Waals surface area (Å²) in [6.45, 7) is 10.3. The van der Waals surface area contributed by atoms with Gasteiger partial charge in [0.1, 0.15) is 0 Å². The highest BCUT2D eigenvalue weighted by Gasteiger charge is 2.08. The molecule has 0 aromatic carbocycles. The van der Waals surface area contributed by atoms with E-state index in [1.165, 1.54) is 0 Å². The molecule has 1 aromatic heterocycles. The molecule has 1 heterocycles. The molecule has 1 unspecified atom stereocenters. The van der Waals surface area contributed by atoms with E-state index >= 15 is 0 Å². The van der Waals surface area contributed by atoms with Crippen LogP contribution in [0.2, 0.25) is 0 Å².